The quantitative estimate of drug-likeness (QED) is 0.442. The van der Waals surface area contributed by atoms with Crippen molar-refractivity contribution in [2.45, 2.75) is 6.92 Å². The molecule has 0 radical (unpaired) electrons. The van der Waals surface area contributed by atoms with Crippen molar-refractivity contribution in [2.75, 3.05) is 49.5 Å². The molecule has 0 spiro atoms. The number of quaternary nitrogens is 1. The summed E-state index contributed by atoms with van der Waals surface area (Å²) in [6.45, 7) is 5.40. The zero-order valence-corrected chi connectivity index (χ0v) is 20.3. The van der Waals surface area contributed by atoms with Crippen LogP contribution in [0.25, 0.3) is 10.9 Å². The number of esters is 1. The lowest BCUT2D eigenvalue weighted by Crippen LogP contribution is -3.15. The maximum Gasteiger partial charge on any atom is 0.356 e. The highest BCUT2D eigenvalue weighted by molar-refractivity contribution is 6.42. The van der Waals surface area contributed by atoms with Gasteiger partial charge in [0, 0.05) is 21.6 Å². The van der Waals surface area contributed by atoms with E-state index in [0.29, 0.717) is 31.7 Å². The van der Waals surface area contributed by atoms with Gasteiger partial charge in [-0.25, -0.2) is 4.79 Å². The summed E-state index contributed by atoms with van der Waals surface area (Å²) in [6.07, 6.45) is 0. The standard InChI is InChI=1S/C23H23Cl3N4O3/c1-2-33-23(32)22-21(16-11-14(24)3-6-19(16)27-22)28-20(31)13-29-7-9-30(10-8-29)15-4-5-17(25)18(26)12-15/h3-6,11-12,27H,2,7-10,13H2,1H3,(H,28,31)/p+1. The number of carbonyl (C=O) groups excluding carboxylic acids is 2. The minimum Gasteiger partial charge on any atom is -0.461 e. The summed E-state index contributed by atoms with van der Waals surface area (Å²) in [6, 6.07) is 10.8. The third-order valence-electron chi connectivity index (χ3n) is 5.65. The maximum atomic E-state index is 12.9. The summed E-state index contributed by atoms with van der Waals surface area (Å²) >= 11 is 18.3. The van der Waals surface area contributed by atoms with Crippen molar-refractivity contribution in [2.24, 2.45) is 0 Å². The Kier molecular flexibility index (Phi) is 7.34. The van der Waals surface area contributed by atoms with Crippen LogP contribution < -0.4 is 15.1 Å². The van der Waals surface area contributed by atoms with E-state index in [9.17, 15) is 9.59 Å². The topological polar surface area (TPSA) is 78.9 Å². The fourth-order valence-electron chi connectivity index (χ4n) is 4.00. The molecule has 10 heteroatoms. The number of anilines is 2. The molecule has 1 aliphatic heterocycles. The Hall–Kier alpha value is -2.45. The molecule has 3 aromatic rings. The second-order valence-corrected chi connectivity index (χ2v) is 9.10. The van der Waals surface area contributed by atoms with Crippen molar-refractivity contribution in [3.63, 3.8) is 0 Å². The van der Waals surface area contributed by atoms with Crippen LogP contribution >= 0.6 is 34.8 Å². The first-order valence-corrected chi connectivity index (χ1v) is 11.8. The predicted octanol–water partition coefficient (Wildman–Crippen LogP) is 3.65. The lowest BCUT2D eigenvalue weighted by atomic mass is 10.2. The molecule has 174 valence electrons. The fourth-order valence-corrected chi connectivity index (χ4v) is 4.47. The maximum absolute atomic E-state index is 12.9. The molecular weight excluding hydrogens is 487 g/mol. The van der Waals surface area contributed by atoms with Gasteiger partial charge in [0.05, 0.1) is 48.5 Å². The summed E-state index contributed by atoms with van der Waals surface area (Å²) in [5.41, 5.74) is 2.31. The van der Waals surface area contributed by atoms with Crippen LogP contribution in [0.5, 0.6) is 0 Å². The minimum atomic E-state index is -0.525. The van der Waals surface area contributed by atoms with Crippen molar-refractivity contribution in [1.29, 1.82) is 0 Å². The van der Waals surface area contributed by atoms with Gasteiger partial charge in [0.25, 0.3) is 5.91 Å². The van der Waals surface area contributed by atoms with Gasteiger partial charge in [-0.3, -0.25) is 4.79 Å². The first kappa shape index (κ1) is 23.7. The van der Waals surface area contributed by atoms with Gasteiger partial charge in [0.15, 0.2) is 6.54 Å². The smallest absolute Gasteiger partial charge is 0.356 e. The van der Waals surface area contributed by atoms with Gasteiger partial charge >= 0.3 is 5.97 Å². The number of piperazine rings is 1. The second-order valence-electron chi connectivity index (χ2n) is 7.85. The zero-order valence-electron chi connectivity index (χ0n) is 18.0. The molecule has 0 unspecified atom stereocenters. The van der Waals surface area contributed by atoms with Crippen LogP contribution in [0.3, 0.4) is 0 Å². The van der Waals surface area contributed by atoms with E-state index in [1.54, 1.807) is 31.2 Å². The summed E-state index contributed by atoms with van der Waals surface area (Å²) in [5, 5.41) is 5.14. The van der Waals surface area contributed by atoms with Crippen LogP contribution in [0.1, 0.15) is 17.4 Å². The number of hydrogen-bond donors (Lipinski definition) is 3. The number of ether oxygens (including phenoxy) is 1. The molecule has 1 amide bonds. The van der Waals surface area contributed by atoms with E-state index >= 15 is 0 Å². The number of fused-ring (bicyclic) bond motifs is 1. The van der Waals surface area contributed by atoms with Gasteiger partial charge in [-0.15, -0.1) is 0 Å². The number of H-pyrrole nitrogens is 1. The predicted molar refractivity (Wildman–Crippen MR) is 132 cm³/mol. The molecule has 1 fully saturated rings. The van der Waals surface area contributed by atoms with Gasteiger partial charge in [0.1, 0.15) is 5.69 Å². The number of benzene rings is 2. The molecular formula is C23H24Cl3N4O3+. The van der Waals surface area contributed by atoms with Crippen LogP contribution in [0.4, 0.5) is 11.4 Å². The van der Waals surface area contributed by atoms with E-state index in [4.69, 9.17) is 39.5 Å². The van der Waals surface area contributed by atoms with Gasteiger partial charge in [-0.1, -0.05) is 34.8 Å². The molecule has 2 aromatic carbocycles. The number of aromatic amines is 1. The Balaban J connectivity index is 1.43. The zero-order chi connectivity index (χ0) is 23.5. The molecule has 0 saturated carbocycles. The van der Waals surface area contributed by atoms with Crippen LogP contribution in [-0.4, -0.2) is 56.2 Å². The van der Waals surface area contributed by atoms with E-state index in [0.717, 1.165) is 36.8 Å². The van der Waals surface area contributed by atoms with E-state index in [1.165, 1.54) is 0 Å². The molecule has 0 bridgehead atoms. The lowest BCUT2D eigenvalue weighted by molar-refractivity contribution is -0.892. The number of nitrogens with one attached hydrogen (secondary N) is 3. The third kappa shape index (κ3) is 5.38. The monoisotopic (exact) mass is 509 g/mol. The molecule has 1 saturated heterocycles. The highest BCUT2D eigenvalue weighted by Gasteiger charge is 2.25. The van der Waals surface area contributed by atoms with E-state index in [1.807, 2.05) is 12.1 Å². The van der Waals surface area contributed by atoms with Gasteiger partial charge in [-0.05, 0) is 43.3 Å². The van der Waals surface area contributed by atoms with Crippen LogP contribution in [0.2, 0.25) is 15.1 Å². The summed E-state index contributed by atoms with van der Waals surface area (Å²) < 4.78 is 5.15. The first-order valence-electron chi connectivity index (χ1n) is 10.7. The van der Waals surface area contributed by atoms with E-state index in [2.05, 4.69) is 15.2 Å². The molecule has 33 heavy (non-hydrogen) atoms. The number of nitrogens with zero attached hydrogens (tertiary/aromatic N) is 1. The Morgan fingerprint density at radius 2 is 1.85 bits per heavy atom. The minimum absolute atomic E-state index is 0.181. The van der Waals surface area contributed by atoms with Crippen molar-refractivity contribution in [1.82, 2.24) is 4.98 Å². The Morgan fingerprint density at radius 1 is 1.09 bits per heavy atom. The molecule has 3 N–H and O–H groups in total. The SMILES string of the molecule is CCOC(=O)c1[nH]c2ccc(Cl)cc2c1NC(=O)C[NH+]1CCN(c2ccc(Cl)c(Cl)c2)CC1. The van der Waals surface area contributed by atoms with Crippen molar-refractivity contribution in [3.8, 4) is 0 Å². The largest absolute Gasteiger partial charge is 0.461 e. The molecule has 4 rings (SSSR count). The van der Waals surface area contributed by atoms with Crippen LogP contribution in [-0.2, 0) is 9.53 Å². The Morgan fingerprint density at radius 3 is 2.55 bits per heavy atom. The lowest BCUT2D eigenvalue weighted by Gasteiger charge is -2.33. The van der Waals surface area contributed by atoms with Gasteiger partial charge < -0.3 is 24.8 Å². The molecule has 0 aliphatic carbocycles. The van der Waals surface area contributed by atoms with Crippen molar-refractivity contribution >= 4 is 69.0 Å². The van der Waals surface area contributed by atoms with Gasteiger partial charge in [0.2, 0.25) is 0 Å². The average molecular weight is 511 g/mol. The summed E-state index contributed by atoms with van der Waals surface area (Å²) in [4.78, 5) is 31.8. The third-order valence-corrected chi connectivity index (χ3v) is 6.63. The van der Waals surface area contributed by atoms with Crippen LogP contribution in [0, 0.1) is 0 Å². The van der Waals surface area contributed by atoms with Crippen LogP contribution in [0.15, 0.2) is 36.4 Å². The normalized spacial score (nSPS) is 14.5. The highest BCUT2D eigenvalue weighted by atomic mass is 35.5. The Bertz CT molecular complexity index is 1190. The number of halogens is 3. The molecule has 0 atom stereocenters. The molecule has 1 aliphatic rings. The van der Waals surface area contributed by atoms with Crippen molar-refractivity contribution in [3.05, 3.63) is 57.2 Å². The highest BCUT2D eigenvalue weighted by Crippen LogP contribution is 2.31. The summed E-state index contributed by atoms with van der Waals surface area (Å²) in [5.74, 6) is -0.706. The molecule has 1 aromatic heterocycles. The number of carbonyl (C=O) groups is 2. The van der Waals surface area contributed by atoms with E-state index < -0.39 is 5.97 Å². The number of amides is 1. The van der Waals surface area contributed by atoms with Crippen molar-refractivity contribution < 1.29 is 19.2 Å². The number of hydrogen-bond acceptors (Lipinski definition) is 4. The Labute approximate surface area is 206 Å². The second kappa shape index (κ2) is 10.2. The summed E-state index contributed by atoms with van der Waals surface area (Å²) in [7, 11) is 0. The van der Waals surface area contributed by atoms with E-state index in [-0.39, 0.29) is 24.8 Å². The number of rotatable bonds is 6. The van der Waals surface area contributed by atoms with Gasteiger partial charge in [-0.2, -0.15) is 0 Å². The molecule has 2 heterocycles. The number of aromatic nitrogens is 1. The molecule has 7 nitrogen and oxygen atoms in total. The average Bonchev–Trinajstić information content (AvgIpc) is 3.14. The fraction of sp³-hybridized carbons (Fsp3) is 0.304. The first-order chi connectivity index (χ1) is 15.9.